The van der Waals surface area contributed by atoms with Gasteiger partial charge in [-0.3, -0.25) is 0 Å². The molecule has 2 heterocycles. The van der Waals surface area contributed by atoms with Gasteiger partial charge in [0, 0.05) is 22.9 Å². The number of aryl methyl sites for hydroxylation is 1. The number of methoxy groups -OCH3 is 1. The summed E-state index contributed by atoms with van der Waals surface area (Å²) in [5, 5.41) is 12.0. The summed E-state index contributed by atoms with van der Waals surface area (Å²) in [6.45, 7) is 2.13. The highest BCUT2D eigenvalue weighted by Gasteiger charge is 2.25. The van der Waals surface area contributed by atoms with Crippen LogP contribution in [0.5, 0.6) is 5.75 Å². The highest BCUT2D eigenvalue weighted by atomic mass is 16.5. The van der Waals surface area contributed by atoms with Crippen LogP contribution in [-0.2, 0) is 6.42 Å². The van der Waals surface area contributed by atoms with E-state index in [0.29, 0.717) is 5.76 Å². The zero-order valence-electron chi connectivity index (χ0n) is 16.0. The molecule has 2 aromatic heterocycles. The van der Waals surface area contributed by atoms with E-state index in [1.807, 2.05) is 48.5 Å². The van der Waals surface area contributed by atoms with Crippen molar-refractivity contribution in [2.75, 3.05) is 7.11 Å². The van der Waals surface area contributed by atoms with Crippen molar-refractivity contribution in [1.29, 1.82) is 0 Å². The van der Waals surface area contributed by atoms with Gasteiger partial charge in [0.05, 0.1) is 13.3 Å². The van der Waals surface area contributed by atoms with Crippen molar-refractivity contribution in [3.8, 4) is 17.1 Å². The predicted molar refractivity (Wildman–Crippen MR) is 107 cm³/mol. The maximum absolute atomic E-state index is 11.1. The van der Waals surface area contributed by atoms with Crippen LogP contribution in [0.4, 0.5) is 0 Å². The molecule has 1 atom stereocenters. The molecule has 2 aromatic carbocycles. The summed E-state index contributed by atoms with van der Waals surface area (Å²) >= 11 is 0. The number of oxazole rings is 1. The monoisotopic (exact) mass is 377 g/mol. The zero-order valence-corrected chi connectivity index (χ0v) is 16.0. The summed E-state index contributed by atoms with van der Waals surface area (Å²) in [5.41, 5.74) is 2.38. The topological polar surface area (TPSA) is 68.6 Å². The zero-order chi connectivity index (χ0) is 19.5. The molecule has 5 heteroatoms. The molecule has 0 saturated carbocycles. The second-order valence-corrected chi connectivity index (χ2v) is 6.73. The minimum Gasteiger partial charge on any atom is -0.497 e. The second-order valence-electron chi connectivity index (χ2n) is 6.73. The third-order valence-corrected chi connectivity index (χ3v) is 4.87. The van der Waals surface area contributed by atoms with Gasteiger partial charge in [0.15, 0.2) is 11.9 Å². The van der Waals surface area contributed by atoms with Crippen molar-refractivity contribution in [1.82, 2.24) is 4.98 Å². The molecule has 4 rings (SSSR count). The van der Waals surface area contributed by atoms with Crippen molar-refractivity contribution >= 4 is 11.0 Å². The molecule has 0 radical (unpaired) electrons. The number of hydrogen-bond acceptors (Lipinski definition) is 5. The molecular formula is C23H23NO4. The molecular weight excluding hydrogens is 354 g/mol. The first-order chi connectivity index (χ1) is 13.7. The Morgan fingerprint density at radius 1 is 1.07 bits per heavy atom. The van der Waals surface area contributed by atoms with Gasteiger partial charge in [0.2, 0.25) is 5.89 Å². The van der Waals surface area contributed by atoms with Crippen molar-refractivity contribution < 1.29 is 18.7 Å². The molecule has 5 nitrogen and oxygen atoms in total. The summed E-state index contributed by atoms with van der Waals surface area (Å²) in [6.07, 6.45) is 3.45. The first-order valence-corrected chi connectivity index (χ1v) is 9.49. The van der Waals surface area contributed by atoms with Crippen LogP contribution in [-0.4, -0.2) is 17.2 Å². The van der Waals surface area contributed by atoms with Gasteiger partial charge in [-0.15, -0.1) is 0 Å². The van der Waals surface area contributed by atoms with E-state index in [1.165, 1.54) is 0 Å². The molecule has 144 valence electrons. The minimum atomic E-state index is -0.984. The Labute approximate surface area is 163 Å². The van der Waals surface area contributed by atoms with Gasteiger partial charge in [-0.2, -0.15) is 0 Å². The molecule has 0 aliphatic heterocycles. The SMILES string of the molecule is CCCCc1oc2ccccc2c1C(O)c1ncc(-c2ccc(OC)cc2)o1. The van der Waals surface area contributed by atoms with E-state index < -0.39 is 6.10 Å². The van der Waals surface area contributed by atoms with Gasteiger partial charge in [0.1, 0.15) is 17.1 Å². The lowest BCUT2D eigenvalue weighted by molar-refractivity contribution is 0.182. The molecule has 4 aromatic rings. The maximum Gasteiger partial charge on any atom is 0.228 e. The second kappa shape index (κ2) is 7.90. The van der Waals surface area contributed by atoms with E-state index in [9.17, 15) is 5.11 Å². The fourth-order valence-electron chi connectivity index (χ4n) is 3.37. The number of aliphatic hydroxyl groups excluding tert-OH is 1. The lowest BCUT2D eigenvalue weighted by Crippen LogP contribution is -2.02. The van der Waals surface area contributed by atoms with Crippen LogP contribution in [0.2, 0.25) is 0 Å². The number of hydrogen-bond donors (Lipinski definition) is 1. The quantitative estimate of drug-likeness (QED) is 0.459. The number of nitrogens with zero attached hydrogens (tertiary/aromatic N) is 1. The number of rotatable bonds is 7. The highest BCUT2D eigenvalue weighted by Crippen LogP contribution is 2.36. The molecule has 0 fully saturated rings. The molecule has 28 heavy (non-hydrogen) atoms. The number of para-hydroxylation sites is 1. The van der Waals surface area contributed by atoms with E-state index >= 15 is 0 Å². The average molecular weight is 377 g/mol. The Balaban J connectivity index is 1.69. The number of benzene rings is 2. The third kappa shape index (κ3) is 3.41. The summed E-state index contributed by atoms with van der Waals surface area (Å²) in [7, 11) is 1.63. The van der Waals surface area contributed by atoms with Crippen molar-refractivity contribution in [3.63, 3.8) is 0 Å². The van der Waals surface area contributed by atoms with E-state index in [4.69, 9.17) is 13.6 Å². The predicted octanol–water partition coefficient (Wildman–Crippen LogP) is 5.52. The maximum atomic E-state index is 11.1. The van der Waals surface area contributed by atoms with Crippen LogP contribution in [0.15, 0.2) is 63.6 Å². The fourth-order valence-corrected chi connectivity index (χ4v) is 3.37. The van der Waals surface area contributed by atoms with Crippen molar-refractivity contribution in [2.24, 2.45) is 0 Å². The Morgan fingerprint density at radius 3 is 2.61 bits per heavy atom. The standard InChI is InChI=1S/C23H23NO4/c1-3-4-8-19-21(17-7-5-6-9-18(17)27-19)22(25)23-24-14-20(28-23)15-10-12-16(26-2)13-11-15/h5-7,9-14,22,25H,3-4,8H2,1-2H3. The Morgan fingerprint density at radius 2 is 1.86 bits per heavy atom. The van der Waals surface area contributed by atoms with Crippen LogP contribution in [0.3, 0.4) is 0 Å². The molecule has 0 amide bonds. The van der Waals surface area contributed by atoms with E-state index in [-0.39, 0.29) is 5.89 Å². The summed E-state index contributed by atoms with van der Waals surface area (Å²) in [4.78, 5) is 4.33. The van der Waals surface area contributed by atoms with Crippen LogP contribution in [0.25, 0.3) is 22.3 Å². The molecule has 1 N–H and O–H groups in total. The average Bonchev–Trinajstić information content (AvgIpc) is 3.37. The third-order valence-electron chi connectivity index (χ3n) is 4.87. The van der Waals surface area contributed by atoms with Gasteiger partial charge in [-0.25, -0.2) is 4.98 Å². The van der Waals surface area contributed by atoms with Gasteiger partial charge >= 0.3 is 0 Å². The molecule has 0 bridgehead atoms. The molecule has 0 spiro atoms. The molecule has 0 aliphatic carbocycles. The van der Waals surface area contributed by atoms with Crippen LogP contribution in [0.1, 0.15) is 43.1 Å². The largest absolute Gasteiger partial charge is 0.497 e. The molecule has 0 saturated heterocycles. The number of aromatic nitrogens is 1. The van der Waals surface area contributed by atoms with Crippen LogP contribution < -0.4 is 4.74 Å². The normalized spacial score (nSPS) is 12.4. The van der Waals surface area contributed by atoms with Gasteiger partial charge in [0.25, 0.3) is 0 Å². The lowest BCUT2D eigenvalue weighted by atomic mass is 10.0. The van der Waals surface area contributed by atoms with Gasteiger partial charge < -0.3 is 18.7 Å². The number of furan rings is 1. The first-order valence-electron chi connectivity index (χ1n) is 9.49. The number of unbranched alkanes of at least 4 members (excludes halogenated alkanes) is 1. The molecule has 0 aliphatic rings. The smallest absolute Gasteiger partial charge is 0.228 e. The van der Waals surface area contributed by atoms with Crippen molar-refractivity contribution in [2.45, 2.75) is 32.3 Å². The van der Waals surface area contributed by atoms with Crippen LogP contribution >= 0.6 is 0 Å². The van der Waals surface area contributed by atoms with Crippen molar-refractivity contribution in [3.05, 3.63) is 71.9 Å². The number of ether oxygens (including phenoxy) is 1. The van der Waals surface area contributed by atoms with E-state index in [0.717, 1.165) is 52.9 Å². The van der Waals surface area contributed by atoms with Gasteiger partial charge in [-0.05, 0) is 36.8 Å². The van der Waals surface area contributed by atoms with E-state index in [1.54, 1.807) is 13.3 Å². The number of fused-ring (bicyclic) bond motifs is 1. The summed E-state index contributed by atoms with van der Waals surface area (Å²) < 4.78 is 17.1. The Bertz CT molecular complexity index is 1060. The van der Waals surface area contributed by atoms with Gasteiger partial charge in [-0.1, -0.05) is 31.5 Å². The van der Waals surface area contributed by atoms with Crippen LogP contribution in [0, 0.1) is 0 Å². The fraction of sp³-hybridized carbons (Fsp3) is 0.261. The molecule has 1 unspecified atom stereocenters. The Hall–Kier alpha value is -3.05. The highest BCUT2D eigenvalue weighted by molar-refractivity contribution is 5.83. The minimum absolute atomic E-state index is 0.259. The summed E-state index contributed by atoms with van der Waals surface area (Å²) in [6, 6.07) is 15.3. The number of aliphatic hydroxyl groups is 1. The first kappa shape index (κ1) is 18.3. The summed E-state index contributed by atoms with van der Waals surface area (Å²) in [5.74, 6) is 2.42. The Kier molecular flexibility index (Phi) is 5.17. The van der Waals surface area contributed by atoms with E-state index in [2.05, 4.69) is 11.9 Å². The lowest BCUT2D eigenvalue weighted by Gasteiger charge is -2.08.